The molecule has 15 heteroatoms. The highest BCUT2D eigenvalue weighted by molar-refractivity contribution is 5.93. The average Bonchev–Trinajstić information content (AvgIpc) is 3.55. The van der Waals surface area contributed by atoms with Gasteiger partial charge in [-0.1, -0.05) is 0 Å². The second-order valence-corrected chi connectivity index (χ2v) is 12.9. The molecule has 0 aliphatic carbocycles. The summed E-state index contributed by atoms with van der Waals surface area (Å²) in [5.41, 5.74) is 6.27. The van der Waals surface area contributed by atoms with Crippen LogP contribution in [0.5, 0.6) is 11.5 Å². The van der Waals surface area contributed by atoms with Crippen LogP contribution in [0.4, 0.5) is 0 Å². The molecule has 0 spiro atoms. The number of phenolic OH excluding ortho intramolecular Hbond substituents is 2. The zero-order valence-corrected chi connectivity index (χ0v) is 27.5. The van der Waals surface area contributed by atoms with E-state index < -0.39 is 47.5 Å². The quantitative estimate of drug-likeness (QED) is 0.0759. The normalized spacial score (nSPS) is 20.3. The van der Waals surface area contributed by atoms with Gasteiger partial charge in [0.25, 0.3) is 0 Å². The third-order valence-corrected chi connectivity index (χ3v) is 8.69. The van der Waals surface area contributed by atoms with Crippen LogP contribution in [-0.2, 0) is 35.9 Å². The summed E-state index contributed by atoms with van der Waals surface area (Å²) < 4.78 is 0. The Morgan fingerprint density at radius 1 is 0.915 bits per heavy atom. The second kappa shape index (κ2) is 17.3. The smallest absolute Gasteiger partial charge is 0.326 e. The number of carboxylic acid groups (broad SMARTS) is 1. The predicted molar refractivity (Wildman–Crippen MR) is 173 cm³/mol. The number of hydrogen-bond acceptors (Lipinski definition) is 10. The number of nitrogens with two attached hydrogens (primary N) is 1. The molecule has 0 bridgehead atoms. The first kappa shape index (κ1) is 37.5. The maximum absolute atomic E-state index is 13.1. The fraction of sp³-hybridized carbons (Fsp3) is 0.656. The van der Waals surface area contributed by atoms with Crippen molar-refractivity contribution in [2.75, 3.05) is 19.6 Å². The van der Waals surface area contributed by atoms with Crippen molar-refractivity contribution in [3.8, 4) is 11.5 Å². The van der Waals surface area contributed by atoms with Gasteiger partial charge >= 0.3 is 5.97 Å². The van der Waals surface area contributed by atoms with Gasteiger partial charge < -0.3 is 47.6 Å². The molecule has 15 nitrogen and oxygen atoms in total. The summed E-state index contributed by atoms with van der Waals surface area (Å²) in [5.74, 6) is -3.36. The minimum absolute atomic E-state index is 0.127. The van der Waals surface area contributed by atoms with Crippen LogP contribution in [0, 0.1) is 0 Å². The Hall–Kier alpha value is -3.95. The van der Waals surface area contributed by atoms with Crippen LogP contribution < -0.4 is 37.6 Å². The maximum atomic E-state index is 13.1. The zero-order valence-electron chi connectivity index (χ0n) is 27.5. The Bertz CT molecular complexity index is 1280. The van der Waals surface area contributed by atoms with E-state index in [-0.39, 0.29) is 48.7 Å². The van der Waals surface area contributed by atoms with E-state index in [0.717, 1.165) is 18.5 Å². The summed E-state index contributed by atoms with van der Waals surface area (Å²) in [7, 11) is 0. The Kier molecular flexibility index (Phi) is 13.8. The molecule has 3 rings (SSSR count). The Morgan fingerprint density at radius 3 is 2.23 bits per heavy atom. The number of amides is 4. The molecule has 5 atom stereocenters. The number of carboxylic acids is 1. The monoisotopic (exact) mass is 661 g/mol. The third-order valence-electron chi connectivity index (χ3n) is 8.69. The molecule has 1 aromatic carbocycles. The number of phenols is 2. The van der Waals surface area contributed by atoms with Gasteiger partial charge in [-0.25, -0.2) is 4.79 Å². The van der Waals surface area contributed by atoms with Crippen LogP contribution in [0.15, 0.2) is 12.1 Å². The molecule has 0 aromatic heterocycles. The zero-order chi connectivity index (χ0) is 34.7. The minimum Gasteiger partial charge on any atom is -0.504 e. The van der Waals surface area contributed by atoms with Gasteiger partial charge in [0, 0.05) is 12.1 Å². The van der Waals surface area contributed by atoms with E-state index in [4.69, 9.17) is 5.73 Å². The minimum atomic E-state index is -1.19. The summed E-state index contributed by atoms with van der Waals surface area (Å²) in [5, 5.41) is 46.7. The number of hydrogen-bond donors (Lipinski definition) is 10. The fourth-order valence-electron chi connectivity index (χ4n) is 6.00. The molecule has 0 saturated carbocycles. The number of carbonyl (C=O) groups excluding carboxylic acids is 4. The maximum Gasteiger partial charge on any atom is 0.326 e. The lowest BCUT2D eigenvalue weighted by Crippen LogP contribution is -2.57. The molecular weight excluding hydrogens is 610 g/mol. The summed E-state index contributed by atoms with van der Waals surface area (Å²) in [6, 6.07) is -1.03. The van der Waals surface area contributed by atoms with Crippen LogP contribution >= 0.6 is 0 Å². The lowest BCUT2D eigenvalue weighted by molar-refractivity contribution is -0.142. The Balaban J connectivity index is 1.47. The molecule has 2 aliphatic heterocycles. The molecule has 1 fully saturated rings. The number of carbonyl (C=O) groups is 5. The first-order valence-corrected chi connectivity index (χ1v) is 16.4. The van der Waals surface area contributed by atoms with Gasteiger partial charge in [-0.2, -0.15) is 0 Å². The highest BCUT2D eigenvalue weighted by Gasteiger charge is 2.37. The van der Waals surface area contributed by atoms with Gasteiger partial charge in [0.1, 0.15) is 18.1 Å². The van der Waals surface area contributed by atoms with Gasteiger partial charge in [0.15, 0.2) is 11.5 Å². The molecule has 0 radical (unpaired) electrons. The van der Waals surface area contributed by atoms with Gasteiger partial charge in [0.2, 0.25) is 23.6 Å². The summed E-state index contributed by atoms with van der Waals surface area (Å²) in [4.78, 5) is 63.3. The number of aliphatic carboxylic acids is 1. The summed E-state index contributed by atoms with van der Waals surface area (Å²) in [6.45, 7) is 6.64. The Labute approximate surface area is 275 Å². The van der Waals surface area contributed by atoms with Gasteiger partial charge in [-0.15, -0.1) is 0 Å². The average molecular weight is 662 g/mol. The van der Waals surface area contributed by atoms with E-state index in [1.807, 2.05) is 13.8 Å². The van der Waals surface area contributed by atoms with E-state index in [1.165, 1.54) is 12.1 Å². The lowest BCUT2D eigenvalue weighted by Gasteiger charge is -2.39. The molecule has 2 heterocycles. The van der Waals surface area contributed by atoms with Crippen LogP contribution in [0.25, 0.3) is 0 Å². The van der Waals surface area contributed by atoms with Gasteiger partial charge in [-0.05, 0) is 115 Å². The first-order valence-electron chi connectivity index (χ1n) is 16.4. The molecule has 47 heavy (non-hydrogen) atoms. The van der Waals surface area contributed by atoms with Crippen molar-refractivity contribution in [1.29, 1.82) is 0 Å². The van der Waals surface area contributed by atoms with E-state index in [1.54, 1.807) is 6.92 Å². The summed E-state index contributed by atoms with van der Waals surface area (Å²) in [6.07, 6.45) is 4.39. The van der Waals surface area contributed by atoms with Crippen LogP contribution in [0.2, 0.25) is 0 Å². The molecular formula is C32H51N7O8. The highest BCUT2D eigenvalue weighted by atomic mass is 16.4. The van der Waals surface area contributed by atoms with E-state index in [9.17, 15) is 39.3 Å². The number of unbranched alkanes of at least 4 members (excludes halogenated alkanes) is 2. The van der Waals surface area contributed by atoms with E-state index in [0.29, 0.717) is 50.6 Å². The lowest BCUT2D eigenvalue weighted by atomic mass is 9.81. The number of rotatable bonds is 17. The molecule has 2 aliphatic rings. The molecule has 3 unspecified atom stereocenters. The van der Waals surface area contributed by atoms with Crippen molar-refractivity contribution in [2.45, 2.75) is 114 Å². The number of aromatic hydroxyl groups is 2. The second-order valence-electron chi connectivity index (χ2n) is 12.9. The fourth-order valence-corrected chi connectivity index (χ4v) is 6.00. The molecule has 11 N–H and O–H groups in total. The van der Waals surface area contributed by atoms with Gasteiger partial charge in [-0.3, -0.25) is 24.5 Å². The van der Waals surface area contributed by atoms with Crippen LogP contribution in [0.1, 0.15) is 83.3 Å². The topological polar surface area (TPSA) is 244 Å². The van der Waals surface area contributed by atoms with Crippen molar-refractivity contribution < 1.29 is 39.3 Å². The van der Waals surface area contributed by atoms with Crippen molar-refractivity contribution in [3.05, 3.63) is 23.3 Å². The summed E-state index contributed by atoms with van der Waals surface area (Å²) >= 11 is 0. The van der Waals surface area contributed by atoms with Crippen LogP contribution in [-0.4, -0.2) is 94.8 Å². The van der Waals surface area contributed by atoms with E-state index in [2.05, 4.69) is 31.9 Å². The molecule has 1 saturated heterocycles. The highest BCUT2D eigenvalue weighted by Crippen LogP contribution is 2.37. The van der Waals surface area contributed by atoms with Crippen molar-refractivity contribution in [2.24, 2.45) is 5.73 Å². The predicted octanol–water partition coefficient (Wildman–Crippen LogP) is -0.426. The SMILES string of the molecule is CC(NC(=O)[C@@H]1CCCN1)C(=O)NC(CCCCN)C(=O)NCCCCC(NC(=O)[C@@H]1Cc2cc(O)c(O)cc2C(C)(C)N1)C(=O)O. The van der Waals surface area contributed by atoms with Crippen molar-refractivity contribution in [1.82, 2.24) is 31.9 Å². The number of nitrogens with one attached hydrogen (secondary N) is 6. The first-order chi connectivity index (χ1) is 22.2. The molecule has 1 aromatic rings. The standard InChI is InChI=1S/C32H51N7O8/c1-18(36-29(44)21-11-8-14-34-21)27(42)37-22(9-4-6-12-33)28(43)35-13-7-5-10-23(31(46)47)38-30(45)24-15-19-16-25(40)26(41)17-20(19)32(2,3)39-24/h16-18,21-24,34,39-41H,4-15,33H2,1-3H3,(H,35,43)(H,36,44)(H,37,42)(H,38,45)(H,46,47)/t18?,21-,22?,23?,24-/m0/s1. The number of benzene rings is 1. The van der Waals surface area contributed by atoms with Gasteiger partial charge in [0.05, 0.1) is 12.1 Å². The molecule has 4 amide bonds. The molecule has 262 valence electrons. The van der Waals surface area contributed by atoms with E-state index >= 15 is 0 Å². The third kappa shape index (κ3) is 10.8. The van der Waals surface area contributed by atoms with Crippen LogP contribution in [0.3, 0.4) is 0 Å². The van der Waals surface area contributed by atoms with Crippen molar-refractivity contribution in [3.63, 3.8) is 0 Å². The van der Waals surface area contributed by atoms with Crippen molar-refractivity contribution >= 4 is 29.6 Å². The number of fused-ring (bicyclic) bond motifs is 1. The Morgan fingerprint density at radius 2 is 1.57 bits per heavy atom. The largest absolute Gasteiger partial charge is 0.504 e.